The van der Waals surface area contributed by atoms with Crippen molar-refractivity contribution in [2.24, 2.45) is 0 Å². The molecule has 0 aliphatic carbocycles. The van der Waals surface area contributed by atoms with Crippen LogP contribution in [0.3, 0.4) is 0 Å². The van der Waals surface area contributed by atoms with Gasteiger partial charge in [-0.2, -0.15) is 4.98 Å². The van der Waals surface area contributed by atoms with Gasteiger partial charge in [-0.25, -0.2) is 9.07 Å². The summed E-state index contributed by atoms with van der Waals surface area (Å²) in [4.78, 5) is 3.90. The summed E-state index contributed by atoms with van der Waals surface area (Å²) in [7, 11) is 0. The van der Waals surface area contributed by atoms with Crippen LogP contribution in [0.15, 0.2) is 30.3 Å². The van der Waals surface area contributed by atoms with Gasteiger partial charge in [-0.3, -0.25) is 0 Å². The zero-order valence-electron chi connectivity index (χ0n) is 8.55. The summed E-state index contributed by atoms with van der Waals surface area (Å²) in [6, 6.07) is 9.63. The number of nitrogen functional groups attached to an aromatic ring is 1. The Hall–Kier alpha value is -1.91. The molecule has 0 spiro atoms. The largest absolute Gasteiger partial charge is 0.366 e. The van der Waals surface area contributed by atoms with E-state index in [4.69, 9.17) is 5.73 Å². The zero-order valence-corrected chi connectivity index (χ0v) is 8.55. The fourth-order valence-corrected chi connectivity index (χ4v) is 2.15. The molecule has 0 amide bonds. The molecule has 1 aliphatic heterocycles. The summed E-state index contributed by atoms with van der Waals surface area (Å²) in [6.07, 6.45) is -0.686. The number of nitrogens with zero attached hydrogens (tertiary/aromatic N) is 3. The third-order valence-electron chi connectivity index (χ3n) is 2.86. The van der Waals surface area contributed by atoms with Crippen molar-refractivity contribution >= 4 is 5.95 Å². The molecule has 0 saturated carbocycles. The molecule has 2 aromatic rings. The Labute approximate surface area is 91.9 Å². The van der Waals surface area contributed by atoms with Crippen LogP contribution in [0.1, 0.15) is 30.0 Å². The lowest BCUT2D eigenvalue weighted by molar-refractivity contribution is 0.329. The first kappa shape index (κ1) is 9.33. The SMILES string of the molecule is Nc1nc2n(n1)C(c1ccccc1)CC2F. The van der Waals surface area contributed by atoms with E-state index in [9.17, 15) is 4.39 Å². The van der Waals surface area contributed by atoms with Gasteiger partial charge in [0.15, 0.2) is 12.0 Å². The predicted molar refractivity (Wildman–Crippen MR) is 57.5 cm³/mol. The average Bonchev–Trinajstić information content (AvgIpc) is 2.80. The van der Waals surface area contributed by atoms with Crippen molar-refractivity contribution in [2.45, 2.75) is 18.6 Å². The van der Waals surface area contributed by atoms with Gasteiger partial charge in [0.05, 0.1) is 6.04 Å². The van der Waals surface area contributed by atoms with Crippen LogP contribution in [0.5, 0.6) is 0 Å². The van der Waals surface area contributed by atoms with Crippen LogP contribution in [-0.2, 0) is 0 Å². The number of rotatable bonds is 1. The fraction of sp³-hybridized carbons (Fsp3) is 0.273. The minimum atomic E-state index is -1.07. The highest BCUT2D eigenvalue weighted by Gasteiger charge is 2.34. The molecule has 4 nitrogen and oxygen atoms in total. The second-order valence-electron chi connectivity index (χ2n) is 3.90. The minimum absolute atomic E-state index is 0.0870. The molecule has 2 heterocycles. The highest BCUT2D eigenvalue weighted by molar-refractivity contribution is 5.26. The maximum absolute atomic E-state index is 13.7. The summed E-state index contributed by atoms with van der Waals surface area (Å²) in [5.74, 6) is 0.477. The molecule has 82 valence electrons. The van der Waals surface area contributed by atoms with Gasteiger partial charge >= 0.3 is 0 Å². The summed E-state index contributed by atoms with van der Waals surface area (Å²) in [5, 5.41) is 4.04. The second-order valence-corrected chi connectivity index (χ2v) is 3.90. The Morgan fingerprint density at radius 2 is 2.06 bits per heavy atom. The van der Waals surface area contributed by atoms with E-state index in [2.05, 4.69) is 10.1 Å². The van der Waals surface area contributed by atoms with Crippen LogP contribution in [0.2, 0.25) is 0 Å². The molecule has 1 aromatic carbocycles. The van der Waals surface area contributed by atoms with Gasteiger partial charge in [0.1, 0.15) is 0 Å². The van der Waals surface area contributed by atoms with Crippen LogP contribution in [-0.4, -0.2) is 14.8 Å². The molecule has 1 aliphatic rings. The highest BCUT2D eigenvalue weighted by Crippen LogP contribution is 2.39. The van der Waals surface area contributed by atoms with Crippen molar-refractivity contribution < 1.29 is 4.39 Å². The number of nitrogens with two attached hydrogens (primary N) is 1. The van der Waals surface area contributed by atoms with Crippen molar-refractivity contribution in [2.75, 3.05) is 5.73 Å². The topological polar surface area (TPSA) is 56.7 Å². The fourth-order valence-electron chi connectivity index (χ4n) is 2.15. The average molecular weight is 218 g/mol. The zero-order chi connectivity index (χ0) is 11.1. The Balaban J connectivity index is 2.06. The Morgan fingerprint density at radius 1 is 1.31 bits per heavy atom. The van der Waals surface area contributed by atoms with Gasteiger partial charge in [0, 0.05) is 6.42 Å². The third-order valence-corrected chi connectivity index (χ3v) is 2.86. The smallest absolute Gasteiger partial charge is 0.239 e. The number of anilines is 1. The third kappa shape index (κ3) is 1.28. The van der Waals surface area contributed by atoms with Gasteiger partial charge in [-0.05, 0) is 5.56 Å². The van der Waals surface area contributed by atoms with E-state index in [1.807, 2.05) is 30.3 Å². The first-order valence-electron chi connectivity index (χ1n) is 5.16. The lowest BCUT2D eigenvalue weighted by Crippen LogP contribution is -2.07. The molecule has 16 heavy (non-hydrogen) atoms. The first-order valence-corrected chi connectivity index (χ1v) is 5.16. The minimum Gasteiger partial charge on any atom is -0.366 e. The van der Waals surface area contributed by atoms with E-state index >= 15 is 0 Å². The molecule has 0 fully saturated rings. The lowest BCUT2D eigenvalue weighted by Gasteiger charge is -2.10. The van der Waals surface area contributed by atoms with Crippen molar-refractivity contribution in [3.05, 3.63) is 41.7 Å². The van der Waals surface area contributed by atoms with Gasteiger partial charge < -0.3 is 5.73 Å². The van der Waals surface area contributed by atoms with Crippen molar-refractivity contribution in [3.8, 4) is 0 Å². The molecule has 0 bridgehead atoms. The molecular formula is C11H11FN4. The van der Waals surface area contributed by atoms with E-state index in [0.29, 0.717) is 12.2 Å². The maximum Gasteiger partial charge on any atom is 0.239 e. The summed E-state index contributed by atoms with van der Waals surface area (Å²) in [5.41, 5.74) is 6.52. The van der Waals surface area contributed by atoms with Crippen molar-refractivity contribution in [1.29, 1.82) is 0 Å². The molecule has 2 N–H and O–H groups in total. The number of aromatic nitrogens is 3. The number of fused-ring (bicyclic) bond motifs is 1. The van der Waals surface area contributed by atoms with E-state index < -0.39 is 6.17 Å². The lowest BCUT2D eigenvalue weighted by atomic mass is 10.0. The molecule has 2 atom stereocenters. The van der Waals surface area contributed by atoms with Crippen LogP contribution < -0.4 is 5.73 Å². The first-order chi connectivity index (χ1) is 7.75. The normalized spacial score (nSPS) is 23.3. The molecular weight excluding hydrogens is 207 g/mol. The van der Waals surface area contributed by atoms with Crippen LogP contribution in [0.4, 0.5) is 10.3 Å². The van der Waals surface area contributed by atoms with Gasteiger partial charge in [-0.1, -0.05) is 30.3 Å². The summed E-state index contributed by atoms with van der Waals surface area (Å²) in [6.45, 7) is 0. The summed E-state index contributed by atoms with van der Waals surface area (Å²) >= 11 is 0. The molecule has 1 aromatic heterocycles. The standard InChI is InChI=1S/C11H11FN4/c12-8-6-9(7-4-2-1-3-5-7)16-10(8)14-11(13)15-16/h1-5,8-9H,6H2,(H2,13,15). The molecule has 2 unspecified atom stereocenters. The van der Waals surface area contributed by atoms with Gasteiger partial charge in [0.25, 0.3) is 0 Å². The number of halogens is 1. The number of hydrogen-bond donors (Lipinski definition) is 1. The van der Waals surface area contributed by atoms with Crippen LogP contribution >= 0.6 is 0 Å². The molecule has 5 heteroatoms. The van der Waals surface area contributed by atoms with Crippen LogP contribution in [0.25, 0.3) is 0 Å². The second kappa shape index (κ2) is 3.30. The van der Waals surface area contributed by atoms with Crippen molar-refractivity contribution in [3.63, 3.8) is 0 Å². The quantitative estimate of drug-likeness (QED) is 0.794. The molecule has 3 rings (SSSR count). The number of alkyl halides is 1. The maximum atomic E-state index is 13.7. The van der Waals surface area contributed by atoms with Crippen LogP contribution in [0, 0.1) is 0 Å². The van der Waals surface area contributed by atoms with E-state index in [1.165, 1.54) is 0 Å². The Morgan fingerprint density at radius 3 is 2.81 bits per heavy atom. The van der Waals surface area contributed by atoms with E-state index in [0.717, 1.165) is 5.56 Å². The number of hydrogen-bond acceptors (Lipinski definition) is 3. The summed E-state index contributed by atoms with van der Waals surface area (Å²) < 4.78 is 15.3. The monoisotopic (exact) mass is 218 g/mol. The molecule has 0 radical (unpaired) electrons. The highest BCUT2D eigenvalue weighted by atomic mass is 19.1. The van der Waals surface area contributed by atoms with E-state index in [1.54, 1.807) is 4.68 Å². The Bertz CT molecular complexity index is 508. The van der Waals surface area contributed by atoms with Gasteiger partial charge in [-0.15, -0.1) is 5.10 Å². The predicted octanol–water partition coefficient (Wildman–Crippen LogP) is 1.86. The van der Waals surface area contributed by atoms with E-state index in [-0.39, 0.29) is 12.0 Å². The molecule has 0 saturated heterocycles. The van der Waals surface area contributed by atoms with Crippen molar-refractivity contribution in [1.82, 2.24) is 14.8 Å². The number of benzene rings is 1. The Kier molecular flexibility index (Phi) is 1.92. The van der Waals surface area contributed by atoms with Gasteiger partial charge in [0.2, 0.25) is 5.95 Å².